The van der Waals surface area contributed by atoms with E-state index in [0.717, 1.165) is 10.5 Å². The van der Waals surface area contributed by atoms with Gasteiger partial charge in [0, 0.05) is 18.5 Å². The number of rotatable bonds is 6. The predicted octanol–water partition coefficient (Wildman–Crippen LogP) is 3.30. The fraction of sp³-hybridized carbons (Fsp3) is 0.435. The minimum Gasteiger partial charge on any atom is -0.452 e. The van der Waals surface area contributed by atoms with E-state index in [1.807, 2.05) is 37.3 Å². The van der Waals surface area contributed by atoms with Crippen molar-refractivity contribution in [1.29, 1.82) is 0 Å². The highest BCUT2D eigenvalue weighted by Gasteiger charge is 2.33. The number of oxime groups is 1. The Labute approximate surface area is 203 Å². The molecule has 0 aliphatic carbocycles. The molecule has 0 fully saturated rings. The number of carbonyl (C=O) groups excluding carboxylic acids is 2. The molecular weight excluding hydrogens is 454 g/mol. The number of methoxy groups -OCH3 is 1. The first kappa shape index (κ1) is 25.5. The van der Waals surface area contributed by atoms with Gasteiger partial charge in [-0.3, -0.25) is 0 Å². The first-order chi connectivity index (χ1) is 16.6. The maximum absolute atomic E-state index is 12.7. The van der Waals surface area contributed by atoms with Crippen molar-refractivity contribution in [1.82, 2.24) is 25.1 Å². The van der Waals surface area contributed by atoms with Gasteiger partial charge in [0.15, 0.2) is 12.3 Å². The molecule has 2 aromatic rings. The van der Waals surface area contributed by atoms with Crippen LogP contribution in [0.3, 0.4) is 0 Å². The average Bonchev–Trinajstić information content (AvgIpc) is 3.23. The van der Waals surface area contributed by atoms with Crippen molar-refractivity contribution in [2.24, 2.45) is 23.1 Å². The zero-order valence-electron chi connectivity index (χ0n) is 20.6. The third-order valence-corrected chi connectivity index (χ3v) is 4.89. The van der Waals surface area contributed by atoms with Crippen LogP contribution in [0.15, 0.2) is 52.4 Å². The largest absolute Gasteiger partial charge is 0.452 e. The first-order valence-electron chi connectivity index (χ1n) is 11.0. The quantitative estimate of drug-likeness (QED) is 0.451. The summed E-state index contributed by atoms with van der Waals surface area (Å²) in [7, 11) is 2.89. The molecule has 2 amide bonds. The molecule has 0 saturated heterocycles. The van der Waals surface area contributed by atoms with E-state index in [0.29, 0.717) is 23.7 Å². The van der Waals surface area contributed by atoms with Crippen LogP contribution in [0.1, 0.15) is 45.5 Å². The summed E-state index contributed by atoms with van der Waals surface area (Å²) in [6.45, 7) is 7.09. The van der Waals surface area contributed by atoms with Crippen LogP contribution in [0.25, 0.3) is 0 Å². The molecule has 186 valence electrons. The van der Waals surface area contributed by atoms with Crippen LogP contribution in [0.5, 0.6) is 0 Å². The highest BCUT2D eigenvalue weighted by atomic mass is 16.6. The summed E-state index contributed by atoms with van der Waals surface area (Å²) in [6.07, 6.45) is 0.423. The van der Waals surface area contributed by atoms with E-state index >= 15 is 0 Å². The van der Waals surface area contributed by atoms with Gasteiger partial charge < -0.3 is 14.3 Å². The second kappa shape index (κ2) is 10.9. The molecule has 0 saturated carbocycles. The van der Waals surface area contributed by atoms with E-state index in [9.17, 15) is 9.59 Å². The molecule has 12 nitrogen and oxygen atoms in total. The number of tetrazole rings is 1. The van der Waals surface area contributed by atoms with Crippen LogP contribution < -0.4 is 0 Å². The van der Waals surface area contributed by atoms with Gasteiger partial charge in [0.05, 0.1) is 12.8 Å². The third-order valence-electron chi connectivity index (χ3n) is 4.89. The van der Waals surface area contributed by atoms with E-state index in [1.165, 1.54) is 11.8 Å². The maximum atomic E-state index is 12.7. The van der Waals surface area contributed by atoms with Gasteiger partial charge >= 0.3 is 12.2 Å². The Morgan fingerprint density at radius 1 is 1.20 bits per heavy atom. The topological polar surface area (TPSA) is 133 Å². The monoisotopic (exact) mass is 483 g/mol. The van der Waals surface area contributed by atoms with Gasteiger partial charge in [-0.05, 0) is 43.7 Å². The van der Waals surface area contributed by atoms with Crippen molar-refractivity contribution >= 4 is 23.6 Å². The second-order valence-electron chi connectivity index (χ2n) is 8.79. The number of imide groups is 1. The molecule has 1 unspecified atom stereocenters. The van der Waals surface area contributed by atoms with Crippen molar-refractivity contribution in [3.05, 3.63) is 53.6 Å². The molecule has 1 aliphatic heterocycles. The molecular formula is C23H29N7O5. The van der Waals surface area contributed by atoms with Gasteiger partial charge in [0.1, 0.15) is 11.4 Å². The van der Waals surface area contributed by atoms with Gasteiger partial charge in [0.2, 0.25) is 5.82 Å². The fourth-order valence-electron chi connectivity index (χ4n) is 3.11. The molecule has 2 heterocycles. The van der Waals surface area contributed by atoms with E-state index in [1.54, 1.807) is 33.9 Å². The number of benzene rings is 1. The van der Waals surface area contributed by atoms with Gasteiger partial charge in [0.25, 0.3) is 0 Å². The summed E-state index contributed by atoms with van der Waals surface area (Å²) in [5.41, 5.74) is 1.00. The molecule has 35 heavy (non-hydrogen) atoms. The Balaban J connectivity index is 1.84. The Kier molecular flexibility index (Phi) is 7.94. The van der Waals surface area contributed by atoms with E-state index < -0.39 is 17.8 Å². The Bertz CT molecular complexity index is 1150. The van der Waals surface area contributed by atoms with E-state index in [4.69, 9.17) is 14.3 Å². The Morgan fingerprint density at radius 3 is 2.51 bits per heavy atom. The molecule has 0 bridgehead atoms. The third kappa shape index (κ3) is 6.49. The summed E-state index contributed by atoms with van der Waals surface area (Å²) in [4.78, 5) is 36.0. The number of hydrogen-bond donors (Lipinski definition) is 0. The molecule has 1 atom stereocenters. The molecule has 1 aromatic heterocycles. The number of ether oxygens (including phenoxy) is 2. The number of aromatic nitrogens is 4. The lowest BCUT2D eigenvalue weighted by atomic mass is 10.00. The summed E-state index contributed by atoms with van der Waals surface area (Å²) in [6, 6.07) is 9.37. The minimum atomic E-state index is -0.900. The minimum absolute atomic E-state index is 0.0104. The summed E-state index contributed by atoms with van der Waals surface area (Å²) < 4.78 is 11.6. The summed E-state index contributed by atoms with van der Waals surface area (Å²) >= 11 is 0. The predicted molar refractivity (Wildman–Crippen MR) is 127 cm³/mol. The van der Waals surface area contributed by atoms with Crippen molar-refractivity contribution < 1.29 is 23.9 Å². The number of hydrogen-bond acceptors (Lipinski definition) is 10. The molecule has 0 spiro atoms. The van der Waals surface area contributed by atoms with Crippen molar-refractivity contribution in [3.63, 3.8) is 0 Å². The first-order valence-corrected chi connectivity index (χ1v) is 11.0. The van der Waals surface area contributed by atoms with Crippen LogP contribution in [0.4, 0.5) is 9.59 Å². The number of nitrogens with zero attached hydrogens (tertiary/aromatic N) is 7. The molecule has 0 N–H and O–H groups in total. The zero-order chi connectivity index (χ0) is 25.6. The molecule has 1 aromatic carbocycles. The highest BCUT2D eigenvalue weighted by molar-refractivity contribution is 6.10. The van der Waals surface area contributed by atoms with Crippen LogP contribution in [0.2, 0.25) is 0 Å². The number of aliphatic imine (C=N–C) groups is 1. The second-order valence-corrected chi connectivity index (χ2v) is 8.79. The van der Waals surface area contributed by atoms with Crippen molar-refractivity contribution in [2.45, 2.75) is 39.7 Å². The molecule has 3 rings (SSSR count). The van der Waals surface area contributed by atoms with Gasteiger partial charge in [-0.2, -0.15) is 4.90 Å². The van der Waals surface area contributed by atoms with Crippen molar-refractivity contribution in [3.8, 4) is 0 Å². The van der Waals surface area contributed by atoms with Crippen LogP contribution in [-0.2, 0) is 21.4 Å². The maximum Gasteiger partial charge on any atom is 0.425 e. The van der Waals surface area contributed by atoms with E-state index in [-0.39, 0.29) is 18.3 Å². The van der Waals surface area contributed by atoms with Gasteiger partial charge in [-0.1, -0.05) is 42.4 Å². The summed E-state index contributed by atoms with van der Waals surface area (Å²) in [5.74, 6) is 0.522. The SMILES string of the molecule is COC(=O)N(C(=O)OC(C)(C)C)C1=CCC(C)C(CO/N=C(/c2ccccc2)c2nnnn2C)=N1. The lowest BCUT2D eigenvalue weighted by Crippen LogP contribution is -2.41. The number of amides is 2. The highest BCUT2D eigenvalue weighted by Crippen LogP contribution is 2.23. The summed E-state index contributed by atoms with van der Waals surface area (Å²) in [5, 5.41) is 15.9. The van der Waals surface area contributed by atoms with Gasteiger partial charge in [-0.25, -0.2) is 19.3 Å². The standard InChI is InChI=1S/C23H29N7O5/c1-15-12-13-18(30(21(31)33-6)22(32)35-23(2,3)4)24-17(15)14-34-26-19(16-10-8-7-9-11-16)20-25-27-28-29(20)5/h7-11,13,15H,12,14H2,1-6H3/b26-19-. The smallest absolute Gasteiger partial charge is 0.425 e. The molecule has 1 aliphatic rings. The van der Waals surface area contributed by atoms with Crippen molar-refractivity contribution in [2.75, 3.05) is 13.7 Å². The van der Waals surface area contributed by atoms with Crippen LogP contribution >= 0.6 is 0 Å². The van der Waals surface area contributed by atoms with Gasteiger partial charge in [-0.15, -0.1) is 5.10 Å². The lowest BCUT2D eigenvalue weighted by Gasteiger charge is -2.27. The Hall–Kier alpha value is -4.09. The zero-order valence-corrected chi connectivity index (χ0v) is 20.6. The molecule has 0 radical (unpaired) electrons. The van der Waals surface area contributed by atoms with Crippen LogP contribution in [-0.4, -0.2) is 68.0 Å². The molecule has 12 heteroatoms. The number of carbonyl (C=O) groups is 2. The number of allylic oxidation sites excluding steroid dienone is 1. The normalized spacial score (nSPS) is 16.2. The Morgan fingerprint density at radius 2 is 1.91 bits per heavy atom. The number of aryl methyl sites for hydroxylation is 1. The van der Waals surface area contributed by atoms with E-state index in [2.05, 4.69) is 25.7 Å². The lowest BCUT2D eigenvalue weighted by molar-refractivity contribution is 0.0303. The van der Waals surface area contributed by atoms with Crippen LogP contribution in [0, 0.1) is 5.92 Å². The average molecular weight is 484 g/mol. The fourth-order valence-corrected chi connectivity index (χ4v) is 3.11.